The van der Waals surface area contributed by atoms with Crippen LogP contribution in [0.25, 0.3) is 0 Å². The Labute approximate surface area is 65.8 Å². The summed E-state index contributed by atoms with van der Waals surface area (Å²) >= 11 is 0. The van der Waals surface area contributed by atoms with Crippen molar-refractivity contribution in [3.63, 3.8) is 0 Å². The third kappa shape index (κ3) is 3.18. The summed E-state index contributed by atoms with van der Waals surface area (Å²) < 4.78 is 37.6. The molecule has 12 heavy (non-hydrogen) atoms. The van der Waals surface area contributed by atoms with Crippen LogP contribution in [0.4, 0.5) is 13.2 Å². The predicted octanol–water partition coefficient (Wildman–Crippen LogP) is 1.19. The van der Waals surface area contributed by atoms with Crippen LogP contribution in [-0.4, -0.2) is 18.1 Å². The molecule has 0 fully saturated rings. The van der Waals surface area contributed by atoms with E-state index in [4.69, 9.17) is 0 Å². The molecule has 0 heterocycles. The lowest BCUT2D eigenvalue weighted by Crippen LogP contribution is -2.28. The van der Waals surface area contributed by atoms with Crippen molar-refractivity contribution in [2.45, 2.75) is 13.1 Å². The van der Waals surface area contributed by atoms with E-state index in [-0.39, 0.29) is 5.57 Å². The van der Waals surface area contributed by atoms with Crippen molar-refractivity contribution in [1.82, 2.24) is 0 Å². The molecular weight excluding hydrogens is 177 g/mol. The van der Waals surface area contributed by atoms with Gasteiger partial charge in [0.15, 0.2) is 0 Å². The van der Waals surface area contributed by atoms with Crippen LogP contribution in [0.2, 0.25) is 0 Å². The van der Waals surface area contributed by atoms with Crippen molar-refractivity contribution >= 4 is 11.9 Å². The molecule has 0 saturated heterocycles. The van der Waals surface area contributed by atoms with Gasteiger partial charge in [-0.25, -0.2) is 9.59 Å². The van der Waals surface area contributed by atoms with Crippen molar-refractivity contribution in [2.24, 2.45) is 0 Å². The zero-order valence-corrected chi connectivity index (χ0v) is 6.07. The number of carbonyl (C=O) groups is 2. The van der Waals surface area contributed by atoms with Gasteiger partial charge in [-0.3, -0.25) is 0 Å². The molecule has 0 aromatic carbocycles. The molecule has 0 atom stereocenters. The van der Waals surface area contributed by atoms with Gasteiger partial charge in [-0.05, 0) is 6.92 Å². The number of alkyl halides is 3. The Bertz CT molecular complexity index is 229. The van der Waals surface area contributed by atoms with Crippen molar-refractivity contribution in [2.75, 3.05) is 0 Å². The van der Waals surface area contributed by atoms with Gasteiger partial charge in [0.2, 0.25) is 0 Å². The van der Waals surface area contributed by atoms with Crippen LogP contribution in [0, 0.1) is 0 Å². The Hall–Kier alpha value is -1.33. The third-order valence-electron chi connectivity index (χ3n) is 0.765. The second kappa shape index (κ2) is 3.38. The van der Waals surface area contributed by atoms with Crippen molar-refractivity contribution in [3.05, 3.63) is 12.2 Å². The maximum absolute atomic E-state index is 11.4. The van der Waals surface area contributed by atoms with Gasteiger partial charge in [-0.15, -0.1) is 0 Å². The molecule has 0 rings (SSSR count). The van der Waals surface area contributed by atoms with Crippen LogP contribution in [0.3, 0.4) is 0 Å². The lowest BCUT2D eigenvalue weighted by atomic mass is 10.4. The van der Waals surface area contributed by atoms with E-state index >= 15 is 0 Å². The first kappa shape index (κ1) is 10.7. The van der Waals surface area contributed by atoms with E-state index in [1.54, 1.807) is 0 Å². The molecule has 0 aromatic heterocycles. The highest BCUT2D eigenvalue weighted by Crippen LogP contribution is 2.16. The first-order valence-corrected chi connectivity index (χ1v) is 2.74. The average molecular weight is 182 g/mol. The minimum atomic E-state index is -5.15. The number of carbonyl (C=O) groups excluding carboxylic acids is 2. The lowest BCUT2D eigenvalue weighted by molar-refractivity contribution is -0.200. The molecule has 0 amide bonds. The van der Waals surface area contributed by atoms with E-state index in [9.17, 15) is 22.8 Å². The van der Waals surface area contributed by atoms with Gasteiger partial charge in [-0.1, -0.05) is 6.58 Å². The molecule has 68 valence electrons. The lowest BCUT2D eigenvalue weighted by Gasteiger charge is -2.04. The number of halogens is 3. The predicted molar refractivity (Wildman–Crippen MR) is 32.0 cm³/mol. The Morgan fingerprint density at radius 2 is 1.75 bits per heavy atom. The monoisotopic (exact) mass is 182 g/mol. The van der Waals surface area contributed by atoms with E-state index in [2.05, 4.69) is 11.3 Å². The minimum Gasteiger partial charge on any atom is -0.383 e. The van der Waals surface area contributed by atoms with E-state index in [0.29, 0.717) is 0 Å². The standard InChI is InChI=1S/C6H5F3O3/c1-3(2)4(10)12-5(11)6(7,8)9/h1H2,2H3. The number of hydrogen-bond donors (Lipinski definition) is 0. The van der Waals surface area contributed by atoms with Gasteiger partial charge in [0.1, 0.15) is 0 Å². The molecule has 3 nitrogen and oxygen atoms in total. The Kier molecular flexibility index (Phi) is 3.00. The van der Waals surface area contributed by atoms with Gasteiger partial charge in [0, 0.05) is 5.57 Å². The molecule has 0 aliphatic rings. The first-order valence-electron chi connectivity index (χ1n) is 2.74. The number of esters is 2. The van der Waals surface area contributed by atoms with Crippen LogP contribution in [0.1, 0.15) is 6.92 Å². The van der Waals surface area contributed by atoms with Crippen LogP contribution in [0.15, 0.2) is 12.2 Å². The number of hydrogen-bond acceptors (Lipinski definition) is 3. The molecule has 0 radical (unpaired) electrons. The largest absolute Gasteiger partial charge is 0.491 e. The minimum absolute atomic E-state index is 0.271. The van der Waals surface area contributed by atoms with E-state index < -0.39 is 18.1 Å². The molecule has 0 spiro atoms. The molecule has 0 aliphatic heterocycles. The fourth-order valence-electron chi connectivity index (χ4n) is 0.229. The summed E-state index contributed by atoms with van der Waals surface area (Å²) in [5.74, 6) is -3.91. The quantitative estimate of drug-likeness (QED) is 0.347. The van der Waals surface area contributed by atoms with Crippen molar-refractivity contribution in [1.29, 1.82) is 0 Å². The van der Waals surface area contributed by atoms with Gasteiger partial charge in [0.25, 0.3) is 0 Å². The molecule has 0 N–H and O–H groups in total. The summed E-state index contributed by atoms with van der Waals surface area (Å²) in [6.07, 6.45) is -5.15. The highest BCUT2D eigenvalue weighted by molar-refractivity contribution is 5.96. The van der Waals surface area contributed by atoms with Gasteiger partial charge in [-0.2, -0.15) is 13.2 Å². The summed E-state index contributed by atoms with van der Waals surface area (Å²) in [7, 11) is 0. The smallest absolute Gasteiger partial charge is 0.383 e. The summed E-state index contributed by atoms with van der Waals surface area (Å²) in [4.78, 5) is 20.3. The van der Waals surface area contributed by atoms with Crippen LogP contribution < -0.4 is 0 Å². The SMILES string of the molecule is C=C(C)C(=O)OC(=O)C(F)(F)F. The fourth-order valence-corrected chi connectivity index (χ4v) is 0.229. The topological polar surface area (TPSA) is 43.4 Å². The normalized spacial score (nSPS) is 10.7. The summed E-state index contributed by atoms with van der Waals surface area (Å²) in [6, 6.07) is 0. The second-order valence-electron chi connectivity index (χ2n) is 1.96. The molecular formula is C6H5F3O3. The van der Waals surface area contributed by atoms with Crippen molar-refractivity contribution < 1.29 is 27.5 Å². The van der Waals surface area contributed by atoms with Crippen molar-refractivity contribution in [3.8, 4) is 0 Å². The van der Waals surface area contributed by atoms with Crippen LogP contribution in [0.5, 0.6) is 0 Å². The Morgan fingerprint density at radius 3 is 2.00 bits per heavy atom. The Balaban J connectivity index is 4.21. The first-order chi connectivity index (χ1) is 5.25. The van der Waals surface area contributed by atoms with Crippen LogP contribution >= 0.6 is 0 Å². The average Bonchev–Trinajstić information content (AvgIpc) is 1.85. The Morgan fingerprint density at radius 1 is 1.33 bits per heavy atom. The molecule has 0 aliphatic carbocycles. The zero-order valence-electron chi connectivity index (χ0n) is 6.07. The van der Waals surface area contributed by atoms with E-state index in [1.165, 1.54) is 0 Å². The van der Waals surface area contributed by atoms with Gasteiger partial charge in [0.05, 0.1) is 0 Å². The summed E-state index contributed by atoms with van der Waals surface area (Å²) in [5, 5.41) is 0. The molecule has 0 saturated carbocycles. The third-order valence-corrected chi connectivity index (χ3v) is 0.765. The summed E-state index contributed by atoms with van der Waals surface area (Å²) in [6.45, 7) is 4.13. The maximum Gasteiger partial charge on any atom is 0.491 e. The molecule has 0 unspecified atom stereocenters. The molecule has 6 heteroatoms. The summed E-state index contributed by atoms with van der Waals surface area (Å²) in [5.41, 5.74) is -0.271. The zero-order chi connectivity index (χ0) is 9.94. The molecule has 0 bridgehead atoms. The van der Waals surface area contributed by atoms with E-state index in [0.717, 1.165) is 6.92 Å². The van der Waals surface area contributed by atoms with Gasteiger partial charge >= 0.3 is 18.1 Å². The number of rotatable bonds is 1. The number of ether oxygens (including phenoxy) is 1. The highest BCUT2D eigenvalue weighted by Gasteiger charge is 2.42. The maximum atomic E-state index is 11.4. The fraction of sp³-hybridized carbons (Fsp3) is 0.333. The van der Waals surface area contributed by atoms with E-state index in [1.807, 2.05) is 0 Å². The highest BCUT2D eigenvalue weighted by atomic mass is 19.4. The molecule has 0 aromatic rings. The second-order valence-corrected chi connectivity index (χ2v) is 1.96. The van der Waals surface area contributed by atoms with Gasteiger partial charge < -0.3 is 4.74 Å². The van der Waals surface area contributed by atoms with Crippen LogP contribution in [-0.2, 0) is 14.3 Å².